The molecule has 5 heteroatoms. The summed E-state index contributed by atoms with van der Waals surface area (Å²) in [5.41, 5.74) is 3.26. The lowest BCUT2D eigenvalue weighted by molar-refractivity contribution is 0.0947. The number of carbonyl (C=O) groups excluding carboxylic acids is 1. The van der Waals surface area contributed by atoms with E-state index in [0.717, 1.165) is 23.5 Å². The van der Waals surface area contributed by atoms with Crippen LogP contribution in [0.4, 0.5) is 0 Å². The van der Waals surface area contributed by atoms with E-state index >= 15 is 0 Å². The Hall–Kier alpha value is -3.21. The topological polar surface area (TPSA) is 59.8 Å². The predicted molar refractivity (Wildman–Crippen MR) is 102 cm³/mol. The van der Waals surface area contributed by atoms with Gasteiger partial charge in [-0.25, -0.2) is 9.67 Å². The highest BCUT2D eigenvalue weighted by atomic mass is 16.2. The number of hydrogen-bond acceptors (Lipinski definition) is 3. The van der Waals surface area contributed by atoms with Crippen LogP contribution in [0, 0.1) is 6.92 Å². The summed E-state index contributed by atoms with van der Waals surface area (Å²) >= 11 is 0. The fraction of sp³-hybridized carbons (Fsp3) is 0.190. The zero-order chi connectivity index (χ0) is 18.4. The van der Waals surface area contributed by atoms with Crippen LogP contribution in [0.25, 0.3) is 5.69 Å². The van der Waals surface area contributed by atoms with E-state index in [1.54, 1.807) is 10.8 Å². The minimum Gasteiger partial charge on any atom is -0.346 e. The second kappa shape index (κ2) is 8.25. The molecule has 1 N–H and O–H groups in total. The molecule has 3 aromatic rings. The molecule has 26 heavy (non-hydrogen) atoms. The lowest BCUT2D eigenvalue weighted by Crippen LogP contribution is -2.24. The van der Waals surface area contributed by atoms with Crippen molar-refractivity contribution in [1.29, 1.82) is 0 Å². The summed E-state index contributed by atoms with van der Waals surface area (Å²) in [6.45, 7) is 6.02. The third-order valence-corrected chi connectivity index (χ3v) is 4.01. The van der Waals surface area contributed by atoms with Crippen molar-refractivity contribution in [3.63, 3.8) is 0 Å². The Morgan fingerprint density at radius 1 is 1.15 bits per heavy atom. The highest BCUT2D eigenvalue weighted by molar-refractivity contribution is 5.90. The van der Waals surface area contributed by atoms with E-state index in [9.17, 15) is 4.79 Å². The lowest BCUT2D eigenvalue weighted by atomic mass is 10.1. The zero-order valence-corrected chi connectivity index (χ0v) is 14.9. The normalized spacial score (nSPS) is 10.5. The maximum Gasteiger partial charge on any atom is 0.291 e. The number of benzene rings is 2. The van der Waals surface area contributed by atoms with Crippen molar-refractivity contribution >= 4 is 5.91 Å². The highest BCUT2D eigenvalue weighted by Gasteiger charge is 2.17. The van der Waals surface area contributed by atoms with E-state index in [1.165, 1.54) is 5.56 Å². The van der Waals surface area contributed by atoms with Crippen LogP contribution in [-0.4, -0.2) is 27.2 Å². The molecule has 0 fully saturated rings. The first-order valence-corrected chi connectivity index (χ1v) is 8.63. The van der Waals surface area contributed by atoms with Crippen molar-refractivity contribution in [2.75, 3.05) is 6.54 Å². The van der Waals surface area contributed by atoms with E-state index in [4.69, 9.17) is 0 Å². The van der Waals surface area contributed by atoms with Gasteiger partial charge in [0.25, 0.3) is 5.91 Å². The fourth-order valence-corrected chi connectivity index (χ4v) is 2.71. The Morgan fingerprint density at radius 2 is 1.96 bits per heavy atom. The lowest BCUT2D eigenvalue weighted by Gasteiger charge is -2.07. The summed E-state index contributed by atoms with van der Waals surface area (Å²) in [4.78, 5) is 16.7. The Labute approximate surface area is 153 Å². The van der Waals surface area contributed by atoms with Gasteiger partial charge in [0.05, 0.1) is 5.69 Å². The molecule has 1 amide bonds. The van der Waals surface area contributed by atoms with E-state index < -0.39 is 0 Å². The molecule has 1 aromatic heterocycles. The Balaban J connectivity index is 1.90. The molecule has 5 nitrogen and oxygen atoms in total. The summed E-state index contributed by atoms with van der Waals surface area (Å²) in [5.74, 6) is 0.650. The maximum atomic E-state index is 12.2. The van der Waals surface area contributed by atoms with E-state index in [1.807, 2.05) is 49.4 Å². The van der Waals surface area contributed by atoms with Crippen molar-refractivity contribution in [1.82, 2.24) is 20.1 Å². The first-order valence-electron chi connectivity index (χ1n) is 8.63. The molecule has 0 aliphatic rings. The molecule has 0 unspecified atom stereocenters. The van der Waals surface area contributed by atoms with Gasteiger partial charge >= 0.3 is 0 Å². The molecule has 0 aliphatic carbocycles. The molecule has 0 radical (unpaired) electrons. The molecule has 0 saturated carbocycles. The molecule has 0 atom stereocenters. The van der Waals surface area contributed by atoms with Gasteiger partial charge in [0.1, 0.15) is 5.82 Å². The molecule has 0 bridgehead atoms. The van der Waals surface area contributed by atoms with Crippen molar-refractivity contribution in [2.24, 2.45) is 0 Å². The summed E-state index contributed by atoms with van der Waals surface area (Å²) in [6, 6.07) is 18.2. The van der Waals surface area contributed by atoms with Crippen LogP contribution in [0.1, 0.15) is 27.6 Å². The monoisotopic (exact) mass is 346 g/mol. The van der Waals surface area contributed by atoms with Crippen LogP contribution in [0.5, 0.6) is 0 Å². The van der Waals surface area contributed by atoms with Crippen LogP contribution >= 0.6 is 0 Å². The van der Waals surface area contributed by atoms with Gasteiger partial charge in [0, 0.05) is 13.0 Å². The Morgan fingerprint density at radius 3 is 2.69 bits per heavy atom. The average Bonchev–Trinajstić information content (AvgIpc) is 3.10. The number of aryl methyl sites for hydroxylation is 3. The van der Waals surface area contributed by atoms with E-state index in [2.05, 4.69) is 34.1 Å². The molecular weight excluding hydrogens is 324 g/mol. The van der Waals surface area contributed by atoms with Crippen molar-refractivity contribution in [2.45, 2.75) is 19.8 Å². The second-order valence-corrected chi connectivity index (χ2v) is 6.09. The van der Waals surface area contributed by atoms with Crippen molar-refractivity contribution < 1.29 is 4.79 Å². The number of amides is 1. The first kappa shape index (κ1) is 17.6. The quantitative estimate of drug-likeness (QED) is 0.668. The SMILES string of the molecule is C=CCNC(=O)c1nc(CCc2ccccc2)n(-c2cccc(C)c2)n1. The van der Waals surface area contributed by atoms with Gasteiger partial charge < -0.3 is 5.32 Å². The summed E-state index contributed by atoms with van der Waals surface area (Å²) < 4.78 is 1.76. The molecule has 0 spiro atoms. The molecule has 132 valence electrons. The number of carbonyl (C=O) groups is 1. The van der Waals surface area contributed by atoms with Crippen LogP contribution in [0.3, 0.4) is 0 Å². The van der Waals surface area contributed by atoms with Crippen LogP contribution in [-0.2, 0) is 12.8 Å². The summed E-state index contributed by atoms with van der Waals surface area (Å²) in [5, 5.41) is 7.18. The molecule has 3 rings (SSSR count). The largest absolute Gasteiger partial charge is 0.346 e. The predicted octanol–water partition coefficient (Wildman–Crippen LogP) is 3.28. The van der Waals surface area contributed by atoms with E-state index in [0.29, 0.717) is 13.0 Å². The molecule has 2 aromatic carbocycles. The van der Waals surface area contributed by atoms with Crippen LogP contribution in [0.15, 0.2) is 67.3 Å². The van der Waals surface area contributed by atoms with Gasteiger partial charge in [-0.1, -0.05) is 48.5 Å². The molecular formula is C21H22N4O. The van der Waals surface area contributed by atoms with Gasteiger partial charge in [-0.3, -0.25) is 4.79 Å². The van der Waals surface area contributed by atoms with Gasteiger partial charge in [-0.05, 0) is 36.6 Å². The highest BCUT2D eigenvalue weighted by Crippen LogP contribution is 2.14. The molecule has 0 saturated heterocycles. The fourth-order valence-electron chi connectivity index (χ4n) is 2.71. The number of nitrogens with zero attached hydrogens (tertiary/aromatic N) is 3. The standard InChI is InChI=1S/C21H22N4O/c1-3-14-22-21(26)20-23-19(13-12-17-9-5-4-6-10-17)25(24-20)18-11-7-8-16(2)15-18/h3-11,15H,1,12-14H2,2H3,(H,22,26). The molecule has 1 heterocycles. The summed E-state index contributed by atoms with van der Waals surface area (Å²) in [6.07, 6.45) is 3.16. The van der Waals surface area contributed by atoms with Crippen molar-refractivity contribution in [3.05, 3.63) is 90.0 Å². The maximum absolute atomic E-state index is 12.2. The number of hydrogen-bond donors (Lipinski definition) is 1. The van der Waals surface area contributed by atoms with Crippen LogP contribution in [0.2, 0.25) is 0 Å². The van der Waals surface area contributed by atoms with Gasteiger partial charge in [0.15, 0.2) is 0 Å². The van der Waals surface area contributed by atoms with E-state index in [-0.39, 0.29) is 11.7 Å². The second-order valence-electron chi connectivity index (χ2n) is 6.09. The van der Waals surface area contributed by atoms with Crippen LogP contribution < -0.4 is 5.32 Å². The Kier molecular flexibility index (Phi) is 5.59. The smallest absolute Gasteiger partial charge is 0.291 e. The number of aromatic nitrogens is 3. The zero-order valence-electron chi connectivity index (χ0n) is 14.9. The van der Waals surface area contributed by atoms with Gasteiger partial charge in [-0.15, -0.1) is 11.7 Å². The first-order chi connectivity index (χ1) is 12.7. The van der Waals surface area contributed by atoms with Gasteiger partial charge in [0.2, 0.25) is 5.82 Å². The average molecular weight is 346 g/mol. The molecule has 0 aliphatic heterocycles. The third kappa shape index (κ3) is 4.25. The third-order valence-electron chi connectivity index (χ3n) is 4.01. The number of nitrogens with one attached hydrogen (secondary N) is 1. The number of rotatable bonds is 7. The summed E-state index contributed by atoms with van der Waals surface area (Å²) in [7, 11) is 0. The van der Waals surface area contributed by atoms with Crippen molar-refractivity contribution in [3.8, 4) is 5.69 Å². The minimum atomic E-state index is -0.294. The minimum absolute atomic E-state index is 0.177. The Bertz CT molecular complexity index is 899. The van der Waals surface area contributed by atoms with Gasteiger partial charge in [-0.2, -0.15) is 0 Å².